The lowest BCUT2D eigenvalue weighted by molar-refractivity contribution is -0.118. The van der Waals surface area contributed by atoms with Gasteiger partial charge in [0.1, 0.15) is 5.75 Å². The van der Waals surface area contributed by atoms with E-state index < -0.39 is 0 Å². The van der Waals surface area contributed by atoms with E-state index in [1.807, 2.05) is 24.3 Å². The molecule has 5 heteroatoms. The number of hydrogen-bond acceptors (Lipinski definition) is 4. The van der Waals surface area contributed by atoms with Gasteiger partial charge in [0, 0.05) is 19.5 Å². The Morgan fingerprint density at radius 2 is 2.10 bits per heavy atom. The molecule has 0 unspecified atom stereocenters. The highest BCUT2D eigenvalue weighted by Gasteiger charge is 2.18. The predicted molar refractivity (Wildman–Crippen MR) is 76.9 cm³/mol. The van der Waals surface area contributed by atoms with Crippen LogP contribution in [-0.4, -0.2) is 36.4 Å². The van der Waals surface area contributed by atoms with E-state index in [0.717, 1.165) is 19.3 Å². The summed E-state index contributed by atoms with van der Waals surface area (Å²) in [6.07, 6.45) is 3.29. The molecule has 5 nitrogen and oxygen atoms in total. The van der Waals surface area contributed by atoms with Gasteiger partial charge < -0.3 is 15.3 Å². The zero-order valence-electron chi connectivity index (χ0n) is 11.8. The molecule has 0 radical (unpaired) electrons. The second-order valence-corrected chi connectivity index (χ2v) is 5.18. The number of anilines is 1. The number of carbonyl (C=O) groups excluding carboxylic acids is 1. The van der Waals surface area contributed by atoms with Crippen LogP contribution in [0.5, 0.6) is 5.75 Å². The summed E-state index contributed by atoms with van der Waals surface area (Å²) in [5.41, 5.74) is 0.713. The fourth-order valence-corrected chi connectivity index (χ4v) is 2.50. The van der Waals surface area contributed by atoms with Crippen molar-refractivity contribution in [2.24, 2.45) is 5.92 Å². The second-order valence-electron chi connectivity index (χ2n) is 5.18. The molecule has 1 aliphatic rings. The Labute approximate surface area is 119 Å². The van der Waals surface area contributed by atoms with Gasteiger partial charge in [0.25, 0.3) is 0 Å². The standard InChI is InChI=1S/C15H22N2O3/c1-20-14-5-3-2-4-13(14)16-15(18)7-6-12-8-10-17(19)11-9-12/h2-5,12,19H,6-11H2,1H3,(H,16,18). The number of hydrogen-bond donors (Lipinski definition) is 2. The van der Waals surface area contributed by atoms with Gasteiger partial charge in [-0.15, -0.1) is 0 Å². The van der Waals surface area contributed by atoms with Crippen molar-refractivity contribution in [2.45, 2.75) is 25.7 Å². The van der Waals surface area contributed by atoms with Crippen molar-refractivity contribution in [3.63, 3.8) is 0 Å². The number of carbonyl (C=O) groups is 1. The van der Waals surface area contributed by atoms with Gasteiger partial charge in [0.05, 0.1) is 12.8 Å². The van der Waals surface area contributed by atoms with Crippen LogP contribution >= 0.6 is 0 Å². The van der Waals surface area contributed by atoms with Crippen LogP contribution in [0.2, 0.25) is 0 Å². The van der Waals surface area contributed by atoms with Gasteiger partial charge in [-0.2, -0.15) is 5.06 Å². The smallest absolute Gasteiger partial charge is 0.224 e. The Morgan fingerprint density at radius 1 is 1.40 bits per heavy atom. The van der Waals surface area contributed by atoms with Gasteiger partial charge in [-0.3, -0.25) is 4.79 Å². The zero-order valence-corrected chi connectivity index (χ0v) is 11.8. The van der Waals surface area contributed by atoms with Crippen LogP contribution in [0.3, 0.4) is 0 Å². The third-order valence-electron chi connectivity index (χ3n) is 3.75. The predicted octanol–water partition coefficient (Wildman–Crippen LogP) is 2.52. The first-order valence-electron chi connectivity index (χ1n) is 7.05. The minimum Gasteiger partial charge on any atom is -0.495 e. The summed E-state index contributed by atoms with van der Waals surface area (Å²) in [6, 6.07) is 7.40. The van der Waals surface area contributed by atoms with Gasteiger partial charge in [0.15, 0.2) is 0 Å². The third kappa shape index (κ3) is 4.21. The maximum absolute atomic E-state index is 12.0. The Balaban J connectivity index is 1.78. The quantitative estimate of drug-likeness (QED) is 0.868. The van der Waals surface area contributed by atoms with Gasteiger partial charge in [-0.1, -0.05) is 12.1 Å². The molecule has 1 fully saturated rings. The monoisotopic (exact) mass is 278 g/mol. The summed E-state index contributed by atoms with van der Waals surface area (Å²) in [7, 11) is 1.59. The molecule has 0 atom stereocenters. The van der Waals surface area contributed by atoms with E-state index in [9.17, 15) is 10.0 Å². The first-order chi connectivity index (χ1) is 9.69. The van der Waals surface area contributed by atoms with Crippen LogP contribution < -0.4 is 10.1 Å². The van der Waals surface area contributed by atoms with E-state index in [0.29, 0.717) is 36.9 Å². The number of para-hydroxylation sites is 2. The van der Waals surface area contributed by atoms with E-state index in [-0.39, 0.29) is 5.91 Å². The lowest BCUT2D eigenvalue weighted by atomic mass is 9.93. The maximum atomic E-state index is 12.0. The molecule has 1 aromatic rings. The summed E-state index contributed by atoms with van der Waals surface area (Å²) in [6.45, 7) is 1.41. The molecule has 2 rings (SSSR count). The number of piperidine rings is 1. The molecule has 0 bridgehead atoms. The third-order valence-corrected chi connectivity index (χ3v) is 3.75. The lowest BCUT2D eigenvalue weighted by Gasteiger charge is -2.27. The van der Waals surface area contributed by atoms with Crippen molar-refractivity contribution in [1.82, 2.24) is 5.06 Å². The fraction of sp³-hybridized carbons (Fsp3) is 0.533. The van der Waals surface area contributed by atoms with E-state index in [1.165, 1.54) is 5.06 Å². The van der Waals surface area contributed by atoms with Gasteiger partial charge in [-0.25, -0.2) is 0 Å². The maximum Gasteiger partial charge on any atom is 0.224 e. The number of amides is 1. The molecule has 0 aliphatic carbocycles. The minimum absolute atomic E-state index is 0.0147. The Morgan fingerprint density at radius 3 is 2.80 bits per heavy atom. The Hall–Kier alpha value is -1.59. The molecule has 0 aromatic heterocycles. The first-order valence-corrected chi connectivity index (χ1v) is 7.05. The van der Waals surface area contributed by atoms with Crippen molar-refractivity contribution in [3.05, 3.63) is 24.3 Å². The van der Waals surface area contributed by atoms with Crippen LogP contribution in [0.1, 0.15) is 25.7 Å². The summed E-state index contributed by atoms with van der Waals surface area (Å²) in [5, 5.41) is 13.5. The number of hydroxylamine groups is 2. The van der Waals surface area contributed by atoms with Gasteiger partial charge in [-0.05, 0) is 37.3 Å². The number of nitrogens with zero attached hydrogens (tertiary/aromatic N) is 1. The zero-order chi connectivity index (χ0) is 14.4. The summed E-state index contributed by atoms with van der Waals surface area (Å²) in [5.74, 6) is 1.22. The summed E-state index contributed by atoms with van der Waals surface area (Å²) in [4.78, 5) is 12.0. The molecule has 2 N–H and O–H groups in total. The number of nitrogens with one attached hydrogen (secondary N) is 1. The SMILES string of the molecule is COc1ccccc1NC(=O)CCC1CCN(O)CC1. The van der Waals surface area contributed by atoms with Crippen LogP contribution in [0.4, 0.5) is 5.69 Å². The topological polar surface area (TPSA) is 61.8 Å². The van der Waals surface area contributed by atoms with Crippen molar-refractivity contribution < 1.29 is 14.7 Å². The summed E-state index contributed by atoms with van der Waals surface area (Å²) < 4.78 is 5.20. The molecule has 1 aliphatic heterocycles. The average Bonchev–Trinajstić information content (AvgIpc) is 2.47. The van der Waals surface area contributed by atoms with Crippen LogP contribution in [-0.2, 0) is 4.79 Å². The number of ether oxygens (including phenoxy) is 1. The Bertz CT molecular complexity index is 442. The molecule has 1 aromatic carbocycles. The van der Waals surface area contributed by atoms with E-state index in [4.69, 9.17) is 4.74 Å². The highest BCUT2D eigenvalue weighted by Crippen LogP contribution is 2.24. The number of benzene rings is 1. The van der Waals surface area contributed by atoms with Crippen molar-refractivity contribution in [1.29, 1.82) is 0 Å². The molecule has 0 spiro atoms. The van der Waals surface area contributed by atoms with Crippen LogP contribution in [0, 0.1) is 5.92 Å². The molecule has 1 amide bonds. The second kappa shape index (κ2) is 7.26. The fourth-order valence-electron chi connectivity index (χ4n) is 2.50. The van der Waals surface area contributed by atoms with E-state index >= 15 is 0 Å². The first kappa shape index (κ1) is 14.8. The van der Waals surface area contributed by atoms with Crippen molar-refractivity contribution in [2.75, 3.05) is 25.5 Å². The normalized spacial score (nSPS) is 16.9. The van der Waals surface area contributed by atoms with Crippen LogP contribution in [0.25, 0.3) is 0 Å². The minimum atomic E-state index is 0.0147. The average molecular weight is 278 g/mol. The van der Waals surface area contributed by atoms with Crippen molar-refractivity contribution in [3.8, 4) is 5.75 Å². The van der Waals surface area contributed by atoms with Gasteiger partial charge >= 0.3 is 0 Å². The molecular weight excluding hydrogens is 256 g/mol. The molecule has 110 valence electrons. The lowest BCUT2D eigenvalue weighted by Crippen LogP contribution is -2.31. The molecule has 20 heavy (non-hydrogen) atoms. The van der Waals surface area contributed by atoms with Crippen molar-refractivity contribution >= 4 is 11.6 Å². The highest BCUT2D eigenvalue weighted by molar-refractivity contribution is 5.92. The number of rotatable bonds is 5. The van der Waals surface area contributed by atoms with E-state index in [2.05, 4.69) is 5.32 Å². The molecule has 1 heterocycles. The highest BCUT2D eigenvalue weighted by atomic mass is 16.5. The Kier molecular flexibility index (Phi) is 5.38. The van der Waals surface area contributed by atoms with Crippen LogP contribution in [0.15, 0.2) is 24.3 Å². The molecule has 0 saturated carbocycles. The van der Waals surface area contributed by atoms with E-state index in [1.54, 1.807) is 7.11 Å². The summed E-state index contributed by atoms with van der Waals surface area (Å²) >= 11 is 0. The van der Waals surface area contributed by atoms with Gasteiger partial charge in [0.2, 0.25) is 5.91 Å². The molecular formula is C15H22N2O3. The number of methoxy groups -OCH3 is 1. The molecule has 1 saturated heterocycles. The largest absolute Gasteiger partial charge is 0.495 e.